The summed E-state index contributed by atoms with van der Waals surface area (Å²) in [5.41, 5.74) is 11.3. The third kappa shape index (κ3) is 7.04. The minimum absolute atomic E-state index is 0.0943. The summed E-state index contributed by atoms with van der Waals surface area (Å²) in [6, 6.07) is 26.7. The number of anilines is 1. The first kappa shape index (κ1) is 37.4. The number of rotatable bonds is 12. The van der Waals surface area contributed by atoms with Gasteiger partial charge in [-0.1, -0.05) is 93.1 Å². The van der Waals surface area contributed by atoms with Gasteiger partial charge in [-0.25, -0.2) is 0 Å². The van der Waals surface area contributed by atoms with Gasteiger partial charge in [-0.2, -0.15) is 4.58 Å². The summed E-state index contributed by atoms with van der Waals surface area (Å²) < 4.78 is 4.86. The Morgan fingerprint density at radius 2 is 1.54 bits per heavy atom. The summed E-state index contributed by atoms with van der Waals surface area (Å²) in [6.07, 6.45) is 21.0. The number of unbranched alkanes of at least 4 members (excludes halogenated alkanes) is 3. The molecule has 0 unspecified atom stereocenters. The highest BCUT2D eigenvalue weighted by molar-refractivity contribution is 6.07. The van der Waals surface area contributed by atoms with Gasteiger partial charge in [-0.3, -0.25) is 0 Å². The Morgan fingerprint density at radius 1 is 0.821 bits per heavy atom. The lowest BCUT2D eigenvalue weighted by Gasteiger charge is -2.27. The quantitative estimate of drug-likeness (QED) is 0.107. The molecule has 0 bridgehead atoms. The van der Waals surface area contributed by atoms with E-state index in [0.717, 1.165) is 56.3 Å². The van der Waals surface area contributed by atoms with E-state index < -0.39 is 0 Å². The van der Waals surface area contributed by atoms with Gasteiger partial charge < -0.3 is 4.90 Å². The molecule has 0 radical (unpaired) electrons. The maximum Gasteiger partial charge on any atom is 0.290 e. The zero-order chi connectivity index (χ0) is 39.0. The van der Waals surface area contributed by atoms with Gasteiger partial charge in [0.2, 0.25) is 5.69 Å². The maximum atomic E-state index is 12.4. The molecule has 8 rings (SSSR count). The summed E-state index contributed by atoms with van der Waals surface area (Å²) in [7, 11) is 2.21. The second kappa shape index (κ2) is 15.2. The lowest BCUT2D eigenvalue weighted by molar-refractivity contribution is -0.542. The van der Waals surface area contributed by atoms with Crippen molar-refractivity contribution >= 4 is 45.3 Å². The molecule has 0 N–H and O–H groups in total. The van der Waals surface area contributed by atoms with Gasteiger partial charge in [0.1, 0.15) is 12.3 Å². The van der Waals surface area contributed by atoms with Crippen molar-refractivity contribution in [3.63, 3.8) is 0 Å². The number of benzene rings is 4. The minimum atomic E-state index is -0.151. The Balaban J connectivity index is 1.00. The number of nitroso groups, excluding NO2 is 1. The van der Waals surface area contributed by atoms with E-state index in [9.17, 15) is 4.91 Å². The second-order valence-electron chi connectivity index (χ2n) is 16.9. The Kier molecular flexibility index (Phi) is 10.1. The smallest absolute Gasteiger partial charge is 0.290 e. The highest BCUT2D eigenvalue weighted by Crippen LogP contribution is 2.51. The van der Waals surface area contributed by atoms with E-state index in [1.54, 1.807) is 6.20 Å². The molecule has 0 aromatic heterocycles. The molecule has 0 fully saturated rings. The SMILES string of the molecule is C=[N+]1C=C(C[N+](=O)CCCCCCN2/C(=C/C=C3C=C(/C=C/C4=[N+](C)c5ccc6ccccc6c5C4(C)C)CCC\3)C(C)(C)c3c2ccc2ccccc32)N=N1. The first-order chi connectivity index (χ1) is 27.0. The van der Waals surface area contributed by atoms with Crippen LogP contribution in [0, 0.1) is 4.91 Å². The van der Waals surface area contributed by atoms with Crippen LogP contribution in [0.1, 0.15) is 83.8 Å². The fourth-order valence-corrected chi connectivity index (χ4v) is 9.57. The largest absolute Gasteiger partial charge is 0.344 e. The van der Waals surface area contributed by atoms with Crippen molar-refractivity contribution in [3.8, 4) is 0 Å². The molecule has 0 saturated carbocycles. The summed E-state index contributed by atoms with van der Waals surface area (Å²) >= 11 is 0. The molecule has 7 heteroatoms. The van der Waals surface area contributed by atoms with Crippen molar-refractivity contribution in [1.82, 2.24) is 0 Å². The molecule has 0 spiro atoms. The number of hydrogen-bond acceptors (Lipinski definition) is 4. The van der Waals surface area contributed by atoms with Crippen LogP contribution in [0.5, 0.6) is 0 Å². The highest BCUT2D eigenvalue weighted by atomic mass is 16.3. The van der Waals surface area contributed by atoms with Crippen LogP contribution in [0.15, 0.2) is 142 Å². The molecule has 284 valence electrons. The van der Waals surface area contributed by atoms with E-state index in [1.807, 2.05) is 0 Å². The molecule has 4 aromatic rings. The van der Waals surface area contributed by atoms with Crippen LogP contribution < -0.4 is 4.90 Å². The van der Waals surface area contributed by atoms with Crippen molar-refractivity contribution in [1.29, 1.82) is 0 Å². The van der Waals surface area contributed by atoms with Gasteiger partial charge in [-0.15, -0.1) is 4.68 Å². The predicted octanol–water partition coefficient (Wildman–Crippen LogP) is 11.5. The molecular weight excluding hydrogens is 689 g/mol. The van der Waals surface area contributed by atoms with Gasteiger partial charge in [-0.05, 0) is 102 Å². The van der Waals surface area contributed by atoms with Gasteiger partial charge in [0.15, 0.2) is 18.5 Å². The van der Waals surface area contributed by atoms with E-state index >= 15 is 0 Å². The van der Waals surface area contributed by atoms with Crippen LogP contribution in [0.25, 0.3) is 21.5 Å². The predicted molar refractivity (Wildman–Crippen MR) is 232 cm³/mol. The van der Waals surface area contributed by atoms with Crippen LogP contribution in [-0.4, -0.2) is 53.1 Å². The summed E-state index contributed by atoms with van der Waals surface area (Å²) in [4.78, 5) is 15.0. The van der Waals surface area contributed by atoms with Gasteiger partial charge in [0.25, 0.3) is 12.2 Å². The zero-order valence-corrected chi connectivity index (χ0v) is 33.8. The maximum absolute atomic E-state index is 12.4. The Labute approximate surface area is 331 Å². The van der Waals surface area contributed by atoms with Crippen molar-refractivity contribution in [2.75, 3.05) is 31.6 Å². The number of allylic oxidation sites excluding steroid dienone is 8. The van der Waals surface area contributed by atoms with Gasteiger partial charge >= 0.3 is 0 Å². The molecule has 7 nitrogen and oxygen atoms in total. The monoisotopic (exact) mass is 743 g/mol. The fraction of sp³-hybridized carbons (Fsp3) is 0.347. The molecule has 3 heterocycles. The first-order valence-electron chi connectivity index (χ1n) is 20.4. The Hall–Kier alpha value is -5.56. The normalized spacial score (nSPS) is 19.9. The number of nitrogens with zero attached hydrogens (tertiary/aromatic N) is 6. The van der Waals surface area contributed by atoms with E-state index in [4.69, 9.17) is 0 Å². The van der Waals surface area contributed by atoms with Crippen LogP contribution in [0.3, 0.4) is 0 Å². The van der Waals surface area contributed by atoms with Crippen LogP contribution in [0.4, 0.5) is 11.4 Å². The summed E-state index contributed by atoms with van der Waals surface area (Å²) in [5, 5.41) is 13.1. The van der Waals surface area contributed by atoms with E-state index in [2.05, 4.69) is 164 Å². The van der Waals surface area contributed by atoms with Crippen molar-refractivity contribution < 1.29 is 14.0 Å². The highest BCUT2D eigenvalue weighted by Gasteiger charge is 2.44. The fourth-order valence-electron chi connectivity index (χ4n) is 9.57. The molecule has 4 aliphatic rings. The Bertz CT molecular complexity index is 2490. The van der Waals surface area contributed by atoms with Crippen LogP contribution in [0.2, 0.25) is 0 Å². The van der Waals surface area contributed by atoms with Crippen molar-refractivity contribution in [3.05, 3.63) is 148 Å². The average Bonchev–Trinajstić information content (AvgIpc) is 3.76. The molecular formula is C49H55N6O+3. The van der Waals surface area contributed by atoms with Gasteiger partial charge in [0, 0.05) is 57.1 Å². The summed E-state index contributed by atoms with van der Waals surface area (Å²) in [6.45, 7) is 14.9. The molecule has 0 atom stereocenters. The first-order valence-corrected chi connectivity index (χ1v) is 20.4. The van der Waals surface area contributed by atoms with E-state index in [-0.39, 0.29) is 17.4 Å². The zero-order valence-electron chi connectivity index (χ0n) is 33.8. The standard InChI is InChI=1S/C49H55N6O/c1-48(2)44(53(6)42-26-24-37-18-9-11-20-40(37)46(42)48)28-22-35-16-15-17-36(32-35)23-29-45-49(3,4)47-41-21-12-10-19-38(41)25-27-43(47)55(45)31-14-8-7-13-30-54(56)34-39-33-52(5)51-50-39/h9-12,18-29,32-33H,5,7-8,13-17,30-31,34H2,1-4,6H3/q+3. The van der Waals surface area contributed by atoms with Crippen molar-refractivity contribution in [2.45, 2.75) is 83.5 Å². The third-order valence-corrected chi connectivity index (χ3v) is 12.3. The number of hydrogen-bond donors (Lipinski definition) is 0. The van der Waals surface area contributed by atoms with Crippen molar-refractivity contribution in [2.24, 2.45) is 10.3 Å². The molecule has 1 aliphatic carbocycles. The third-order valence-electron chi connectivity index (χ3n) is 12.3. The van der Waals surface area contributed by atoms with E-state index in [0.29, 0.717) is 12.2 Å². The Morgan fingerprint density at radius 3 is 2.29 bits per heavy atom. The minimum Gasteiger partial charge on any atom is -0.344 e. The van der Waals surface area contributed by atoms with Crippen LogP contribution in [-0.2, 0) is 10.8 Å². The number of fused-ring (bicyclic) bond motifs is 6. The van der Waals surface area contributed by atoms with E-state index in [1.165, 1.54) is 71.3 Å². The average molecular weight is 744 g/mol. The molecule has 3 aliphatic heterocycles. The lowest BCUT2D eigenvalue weighted by Crippen LogP contribution is -2.27. The second-order valence-corrected chi connectivity index (χ2v) is 16.9. The molecule has 4 aromatic carbocycles. The lowest BCUT2D eigenvalue weighted by atomic mass is 9.79. The summed E-state index contributed by atoms with van der Waals surface area (Å²) in [5.74, 6) is 0. The molecule has 0 amide bonds. The molecule has 56 heavy (non-hydrogen) atoms. The topological polar surface area (TPSA) is 54.1 Å². The molecule has 0 saturated heterocycles. The van der Waals surface area contributed by atoms with Crippen LogP contribution >= 0.6 is 0 Å². The van der Waals surface area contributed by atoms with Gasteiger partial charge in [0.05, 0.1) is 17.2 Å².